The van der Waals surface area contributed by atoms with Crippen LogP contribution in [-0.4, -0.2) is 22.9 Å². The van der Waals surface area contributed by atoms with Crippen molar-refractivity contribution >= 4 is 29.2 Å². The van der Waals surface area contributed by atoms with Gasteiger partial charge in [0, 0.05) is 30.9 Å². The van der Waals surface area contributed by atoms with Crippen molar-refractivity contribution in [1.29, 1.82) is 0 Å². The van der Waals surface area contributed by atoms with E-state index in [2.05, 4.69) is 55.1 Å². The highest BCUT2D eigenvalue weighted by Gasteiger charge is 2.23. The Bertz CT molecular complexity index is 1260. The molecule has 7 nitrogen and oxygen atoms in total. The van der Waals surface area contributed by atoms with Crippen LogP contribution in [0.5, 0.6) is 0 Å². The minimum absolute atomic E-state index is 0.510. The van der Waals surface area contributed by atoms with Gasteiger partial charge in [-0.2, -0.15) is 0 Å². The molecule has 0 aliphatic heterocycles. The van der Waals surface area contributed by atoms with Crippen LogP contribution in [0.15, 0.2) is 66.7 Å². The third-order valence-corrected chi connectivity index (χ3v) is 7.40. The Morgan fingerprint density at radius 1 is 0.585 bits per heavy atom. The summed E-state index contributed by atoms with van der Waals surface area (Å²) in [5.74, 6) is 0. The highest BCUT2D eigenvalue weighted by molar-refractivity contribution is 5.74. The zero-order valence-corrected chi connectivity index (χ0v) is 24.5. The Labute approximate surface area is 244 Å². The van der Waals surface area contributed by atoms with Gasteiger partial charge in [-0.1, -0.05) is 114 Å². The minimum Gasteiger partial charge on any atom is -0.372 e. The Morgan fingerprint density at radius 2 is 1.05 bits per heavy atom. The van der Waals surface area contributed by atoms with E-state index in [4.69, 9.17) is 0 Å². The summed E-state index contributed by atoms with van der Waals surface area (Å²) in [5, 5.41) is 22.3. The molecule has 41 heavy (non-hydrogen) atoms. The van der Waals surface area contributed by atoms with Crippen LogP contribution in [0.25, 0.3) is 23.3 Å². The highest BCUT2D eigenvalue weighted by Crippen LogP contribution is 2.29. The van der Waals surface area contributed by atoms with Crippen molar-refractivity contribution in [3.63, 3.8) is 0 Å². The lowest BCUT2D eigenvalue weighted by atomic mass is 10.0. The first-order valence-electron chi connectivity index (χ1n) is 15.0. The van der Waals surface area contributed by atoms with E-state index in [1.807, 2.05) is 18.2 Å². The number of hydrogen-bond donors (Lipinski definition) is 0. The number of unbranched alkanes of at least 4 members (excludes halogenated alkanes) is 8. The monoisotopic (exact) mass is 557 g/mol. The van der Waals surface area contributed by atoms with Gasteiger partial charge in [0.05, 0.1) is 9.85 Å². The van der Waals surface area contributed by atoms with Crippen LogP contribution in [0.2, 0.25) is 0 Å². The molecule has 0 heterocycles. The maximum atomic E-state index is 11.2. The van der Waals surface area contributed by atoms with Gasteiger partial charge in [-0.05, 0) is 53.3 Å². The van der Waals surface area contributed by atoms with E-state index >= 15 is 0 Å². The molecule has 3 aromatic carbocycles. The Balaban J connectivity index is 1.65. The molecular weight excluding hydrogens is 514 g/mol. The van der Waals surface area contributed by atoms with Crippen molar-refractivity contribution in [2.45, 2.75) is 78.1 Å². The fraction of sp³-hybridized carbons (Fsp3) is 0.412. The second-order valence-electron chi connectivity index (χ2n) is 10.6. The number of benzene rings is 3. The Hall–Kier alpha value is -4.00. The van der Waals surface area contributed by atoms with Crippen molar-refractivity contribution in [2.75, 3.05) is 18.0 Å². The van der Waals surface area contributed by atoms with Gasteiger partial charge in [0.25, 0.3) is 0 Å². The molecule has 0 atom stereocenters. The molecule has 0 N–H and O–H groups in total. The lowest BCUT2D eigenvalue weighted by Crippen LogP contribution is -2.25. The van der Waals surface area contributed by atoms with Gasteiger partial charge in [-0.25, -0.2) is 0 Å². The van der Waals surface area contributed by atoms with E-state index in [1.165, 1.54) is 88.1 Å². The zero-order valence-electron chi connectivity index (χ0n) is 24.5. The van der Waals surface area contributed by atoms with Crippen molar-refractivity contribution in [3.05, 3.63) is 98.1 Å². The second-order valence-corrected chi connectivity index (χ2v) is 10.6. The van der Waals surface area contributed by atoms with Crippen LogP contribution in [-0.2, 0) is 0 Å². The van der Waals surface area contributed by atoms with Crippen LogP contribution in [0, 0.1) is 20.2 Å². The summed E-state index contributed by atoms with van der Waals surface area (Å²) in [4.78, 5) is 23.4. The summed E-state index contributed by atoms with van der Waals surface area (Å²) in [5.41, 5.74) is 4.00. The van der Waals surface area contributed by atoms with Gasteiger partial charge in [0.15, 0.2) is 0 Å². The third kappa shape index (κ3) is 10.2. The molecule has 0 unspecified atom stereocenters. The smallest absolute Gasteiger partial charge is 0.346 e. The molecule has 0 aromatic heterocycles. The average molecular weight is 558 g/mol. The topological polar surface area (TPSA) is 89.5 Å². The molecule has 7 heteroatoms. The van der Waals surface area contributed by atoms with Crippen LogP contribution in [0.1, 0.15) is 89.2 Å². The number of nitrogens with zero attached hydrogens (tertiary/aromatic N) is 3. The van der Waals surface area contributed by atoms with Crippen molar-refractivity contribution in [2.24, 2.45) is 0 Å². The van der Waals surface area contributed by atoms with E-state index < -0.39 is 21.2 Å². The standard InChI is InChI=1S/C34H43N3O4/c1-3-5-7-9-11-25-35(26-12-10-8-6-4-2)32-22-20-31(21-23-32)30-18-15-28(16-19-30)13-14-29-17-24-33(36(38)39)34(27-29)37(40)41/h13-24,27H,3-12,25-26H2,1-2H3. The van der Waals surface area contributed by atoms with Crippen molar-refractivity contribution in [3.8, 4) is 11.1 Å². The molecule has 0 bridgehead atoms. The lowest BCUT2D eigenvalue weighted by molar-refractivity contribution is -0.422. The SMILES string of the molecule is CCCCCCCN(CCCCCCC)c1ccc(-c2ccc(C=Cc3ccc([N+](=O)[O-])c([N+](=O)[O-])c3)cc2)cc1. The number of anilines is 1. The number of nitro benzene ring substituents is 2. The van der Waals surface area contributed by atoms with Gasteiger partial charge in [0.1, 0.15) is 0 Å². The molecule has 218 valence electrons. The van der Waals surface area contributed by atoms with Crippen molar-refractivity contribution < 1.29 is 9.85 Å². The highest BCUT2D eigenvalue weighted by atomic mass is 16.6. The molecule has 0 saturated heterocycles. The first-order chi connectivity index (χ1) is 19.9. The van der Waals surface area contributed by atoms with Gasteiger partial charge < -0.3 is 4.90 Å². The minimum atomic E-state index is -0.738. The maximum Gasteiger partial charge on any atom is 0.346 e. The zero-order chi connectivity index (χ0) is 29.5. The predicted octanol–water partition coefficient (Wildman–Crippen LogP) is 10.1. The van der Waals surface area contributed by atoms with Crippen LogP contribution < -0.4 is 4.90 Å². The summed E-state index contributed by atoms with van der Waals surface area (Å²) in [7, 11) is 0. The molecule has 0 radical (unpaired) electrons. The van der Waals surface area contributed by atoms with Gasteiger partial charge in [-0.3, -0.25) is 20.2 Å². The largest absolute Gasteiger partial charge is 0.372 e. The van der Waals surface area contributed by atoms with E-state index in [-0.39, 0.29) is 0 Å². The fourth-order valence-electron chi connectivity index (χ4n) is 4.97. The number of nitro groups is 2. The van der Waals surface area contributed by atoms with E-state index in [0.717, 1.165) is 29.8 Å². The van der Waals surface area contributed by atoms with Crippen LogP contribution in [0.3, 0.4) is 0 Å². The molecule has 0 fully saturated rings. The van der Waals surface area contributed by atoms with Crippen molar-refractivity contribution in [1.82, 2.24) is 0 Å². The molecule has 0 spiro atoms. The van der Waals surface area contributed by atoms with E-state index in [1.54, 1.807) is 6.08 Å². The molecule has 0 aliphatic rings. The average Bonchev–Trinajstić information content (AvgIpc) is 2.99. The maximum absolute atomic E-state index is 11.2. The molecule has 3 aromatic rings. The van der Waals surface area contributed by atoms with E-state index in [0.29, 0.717) is 5.56 Å². The fourth-order valence-corrected chi connectivity index (χ4v) is 4.97. The van der Waals surface area contributed by atoms with Gasteiger partial charge in [-0.15, -0.1) is 0 Å². The molecular formula is C34H43N3O4. The Morgan fingerprint density at radius 3 is 1.56 bits per heavy atom. The Kier molecular flexibility index (Phi) is 13.0. The normalized spacial score (nSPS) is 11.2. The summed E-state index contributed by atoms with van der Waals surface area (Å²) in [6, 6.07) is 20.9. The molecule has 0 amide bonds. The summed E-state index contributed by atoms with van der Waals surface area (Å²) >= 11 is 0. The van der Waals surface area contributed by atoms with Gasteiger partial charge >= 0.3 is 11.4 Å². The number of rotatable bonds is 18. The predicted molar refractivity (Wildman–Crippen MR) is 170 cm³/mol. The van der Waals surface area contributed by atoms with Crippen LogP contribution >= 0.6 is 0 Å². The third-order valence-electron chi connectivity index (χ3n) is 7.40. The quantitative estimate of drug-likeness (QED) is 0.0672. The van der Waals surface area contributed by atoms with Gasteiger partial charge in [0.2, 0.25) is 0 Å². The molecule has 3 rings (SSSR count). The van der Waals surface area contributed by atoms with E-state index in [9.17, 15) is 20.2 Å². The first kappa shape index (κ1) is 31.5. The summed E-state index contributed by atoms with van der Waals surface area (Å²) < 4.78 is 0. The van der Waals surface area contributed by atoms with Crippen LogP contribution in [0.4, 0.5) is 17.1 Å². The number of hydrogen-bond acceptors (Lipinski definition) is 5. The lowest BCUT2D eigenvalue weighted by Gasteiger charge is -2.25. The second kappa shape index (κ2) is 17.0. The molecule has 0 aliphatic carbocycles. The summed E-state index contributed by atoms with van der Waals surface area (Å²) in [6.07, 6.45) is 16.4. The first-order valence-corrected chi connectivity index (χ1v) is 15.0. The molecule has 0 saturated carbocycles. The summed E-state index contributed by atoms with van der Waals surface area (Å²) in [6.45, 7) is 6.73.